The van der Waals surface area contributed by atoms with Crippen molar-refractivity contribution in [2.45, 2.75) is 13.0 Å². The Hall–Kier alpha value is -2.86. The number of hydrogen-bond acceptors (Lipinski definition) is 3. The van der Waals surface area contributed by atoms with Crippen molar-refractivity contribution in [2.24, 2.45) is 0 Å². The number of nitrogens with one attached hydrogen (secondary N) is 2. The molecule has 0 saturated heterocycles. The lowest BCUT2D eigenvalue weighted by atomic mass is 10.1. The molecule has 0 unspecified atom stereocenters. The SMILES string of the molecule is C[C@H](NC(=O)c1ccc(NC(=O)c2ccco2)cc1)c1ccccc1Br. The van der Waals surface area contributed by atoms with E-state index in [9.17, 15) is 9.59 Å². The van der Waals surface area contributed by atoms with Crippen LogP contribution in [0.3, 0.4) is 0 Å². The standard InChI is InChI=1S/C20H17BrN2O3/c1-13(16-5-2-3-6-17(16)21)22-19(24)14-8-10-15(11-9-14)23-20(25)18-7-4-12-26-18/h2-13H,1H3,(H,22,24)(H,23,25)/t13-/m0/s1. The Balaban J connectivity index is 1.63. The number of rotatable bonds is 5. The highest BCUT2D eigenvalue weighted by molar-refractivity contribution is 9.10. The van der Waals surface area contributed by atoms with Gasteiger partial charge in [0, 0.05) is 15.7 Å². The maximum Gasteiger partial charge on any atom is 0.291 e. The van der Waals surface area contributed by atoms with Gasteiger partial charge in [-0.1, -0.05) is 34.1 Å². The predicted octanol–water partition coefficient (Wildman–Crippen LogP) is 4.79. The van der Waals surface area contributed by atoms with Crippen LogP contribution in [0, 0.1) is 0 Å². The van der Waals surface area contributed by atoms with E-state index in [1.54, 1.807) is 36.4 Å². The number of hydrogen-bond donors (Lipinski definition) is 2. The van der Waals surface area contributed by atoms with Crippen LogP contribution in [0.1, 0.15) is 39.4 Å². The maximum atomic E-state index is 12.4. The molecule has 2 amide bonds. The van der Waals surface area contributed by atoms with Crippen molar-refractivity contribution in [3.63, 3.8) is 0 Å². The molecule has 5 nitrogen and oxygen atoms in total. The van der Waals surface area contributed by atoms with Crippen LogP contribution >= 0.6 is 15.9 Å². The molecule has 0 fully saturated rings. The number of carbonyl (C=O) groups is 2. The molecule has 132 valence electrons. The van der Waals surface area contributed by atoms with E-state index in [-0.39, 0.29) is 23.6 Å². The van der Waals surface area contributed by atoms with Crippen LogP contribution in [0.25, 0.3) is 0 Å². The van der Waals surface area contributed by atoms with E-state index in [4.69, 9.17) is 4.42 Å². The van der Waals surface area contributed by atoms with E-state index in [0.29, 0.717) is 11.3 Å². The summed E-state index contributed by atoms with van der Waals surface area (Å²) in [6.45, 7) is 1.93. The third kappa shape index (κ3) is 4.21. The van der Waals surface area contributed by atoms with Crippen LogP contribution < -0.4 is 10.6 Å². The highest BCUT2D eigenvalue weighted by atomic mass is 79.9. The van der Waals surface area contributed by atoms with Crippen LogP contribution in [0.15, 0.2) is 75.8 Å². The predicted molar refractivity (Wildman–Crippen MR) is 103 cm³/mol. The van der Waals surface area contributed by atoms with E-state index >= 15 is 0 Å². The first-order chi connectivity index (χ1) is 12.5. The van der Waals surface area contributed by atoms with Crippen molar-refractivity contribution < 1.29 is 14.0 Å². The molecule has 26 heavy (non-hydrogen) atoms. The summed E-state index contributed by atoms with van der Waals surface area (Å²) in [5.74, 6) is -0.291. The van der Waals surface area contributed by atoms with Crippen molar-refractivity contribution in [1.29, 1.82) is 0 Å². The number of carbonyl (C=O) groups excluding carboxylic acids is 2. The number of amides is 2. The normalized spacial score (nSPS) is 11.6. The molecule has 3 aromatic rings. The average Bonchev–Trinajstić information content (AvgIpc) is 3.17. The summed E-state index contributed by atoms with van der Waals surface area (Å²) >= 11 is 3.49. The van der Waals surface area contributed by atoms with Crippen molar-refractivity contribution in [3.8, 4) is 0 Å². The van der Waals surface area contributed by atoms with Crippen molar-refractivity contribution in [2.75, 3.05) is 5.32 Å². The van der Waals surface area contributed by atoms with Crippen LogP contribution in [0.5, 0.6) is 0 Å². The highest BCUT2D eigenvalue weighted by Gasteiger charge is 2.14. The molecule has 2 aromatic carbocycles. The minimum absolute atomic E-state index is 0.142. The molecular formula is C20H17BrN2O3. The molecule has 1 atom stereocenters. The van der Waals surface area contributed by atoms with Gasteiger partial charge in [0.2, 0.25) is 0 Å². The van der Waals surface area contributed by atoms with Gasteiger partial charge >= 0.3 is 0 Å². The highest BCUT2D eigenvalue weighted by Crippen LogP contribution is 2.23. The Morgan fingerprint density at radius 3 is 2.35 bits per heavy atom. The summed E-state index contributed by atoms with van der Waals surface area (Å²) in [6.07, 6.45) is 1.44. The number of halogens is 1. The smallest absolute Gasteiger partial charge is 0.291 e. The molecule has 0 aliphatic heterocycles. The van der Waals surface area contributed by atoms with Crippen LogP contribution in [-0.2, 0) is 0 Å². The second kappa shape index (κ2) is 8.01. The van der Waals surface area contributed by atoms with Crippen molar-refractivity contribution in [3.05, 3.63) is 88.3 Å². The monoisotopic (exact) mass is 412 g/mol. The molecule has 6 heteroatoms. The Labute approximate surface area is 159 Å². The van der Waals surface area contributed by atoms with Crippen molar-refractivity contribution >= 4 is 33.4 Å². The summed E-state index contributed by atoms with van der Waals surface area (Å²) in [6, 6.07) is 17.5. The van der Waals surface area contributed by atoms with E-state index in [1.165, 1.54) is 6.26 Å². The minimum Gasteiger partial charge on any atom is -0.459 e. The first-order valence-electron chi connectivity index (χ1n) is 8.05. The second-order valence-electron chi connectivity index (χ2n) is 5.73. The van der Waals surface area contributed by atoms with Gasteiger partial charge in [-0.25, -0.2) is 0 Å². The molecular weight excluding hydrogens is 396 g/mol. The molecule has 2 N–H and O–H groups in total. The van der Waals surface area contributed by atoms with Gasteiger partial charge in [-0.2, -0.15) is 0 Å². The Bertz CT molecular complexity index is 905. The summed E-state index contributed by atoms with van der Waals surface area (Å²) in [5, 5.41) is 5.68. The van der Waals surface area contributed by atoms with Crippen LogP contribution in [0.2, 0.25) is 0 Å². The van der Waals surface area contributed by atoms with Gasteiger partial charge in [-0.15, -0.1) is 0 Å². The minimum atomic E-state index is -0.338. The third-order valence-electron chi connectivity index (χ3n) is 3.87. The second-order valence-corrected chi connectivity index (χ2v) is 6.58. The van der Waals surface area contributed by atoms with Gasteiger partial charge in [0.25, 0.3) is 11.8 Å². The van der Waals surface area contributed by atoms with Crippen molar-refractivity contribution in [1.82, 2.24) is 5.32 Å². The summed E-state index contributed by atoms with van der Waals surface area (Å²) in [5.41, 5.74) is 2.10. The van der Waals surface area contributed by atoms with E-state index in [0.717, 1.165) is 10.0 Å². The lowest BCUT2D eigenvalue weighted by Crippen LogP contribution is -2.26. The first kappa shape index (κ1) is 17.9. The molecule has 0 aliphatic rings. The van der Waals surface area contributed by atoms with Crippen LogP contribution in [0.4, 0.5) is 5.69 Å². The zero-order chi connectivity index (χ0) is 18.5. The maximum absolute atomic E-state index is 12.4. The fourth-order valence-electron chi connectivity index (χ4n) is 2.49. The van der Waals surface area contributed by atoms with Gasteiger partial charge in [0.15, 0.2) is 5.76 Å². The molecule has 0 saturated carbocycles. The fraction of sp³-hybridized carbons (Fsp3) is 0.100. The lowest BCUT2D eigenvalue weighted by Gasteiger charge is -2.16. The Morgan fingerprint density at radius 2 is 1.69 bits per heavy atom. The largest absolute Gasteiger partial charge is 0.459 e. The quantitative estimate of drug-likeness (QED) is 0.632. The van der Waals surface area contributed by atoms with Gasteiger partial charge in [-0.05, 0) is 55.0 Å². The summed E-state index contributed by atoms with van der Waals surface area (Å²) in [4.78, 5) is 24.4. The molecule has 0 radical (unpaired) electrons. The molecule has 0 spiro atoms. The van der Waals surface area contributed by atoms with Gasteiger partial charge in [-0.3, -0.25) is 9.59 Å². The third-order valence-corrected chi connectivity index (χ3v) is 4.59. The Kier molecular flexibility index (Phi) is 5.53. The fourth-order valence-corrected chi connectivity index (χ4v) is 3.12. The summed E-state index contributed by atoms with van der Waals surface area (Å²) in [7, 11) is 0. The average molecular weight is 413 g/mol. The lowest BCUT2D eigenvalue weighted by molar-refractivity contribution is 0.0939. The van der Waals surface area contributed by atoms with Gasteiger partial charge in [0.1, 0.15) is 0 Å². The molecule has 1 aromatic heterocycles. The zero-order valence-corrected chi connectivity index (χ0v) is 15.6. The van der Waals surface area contributed by atoms with E-state index < -0.39 is 0 Å². The summed E-state index contributed by atoms with van der Waals surface area (Å²) < 4.78 is 5.99. The van der Waals surface area contributed by atoms with Gasteiger partial charge < -0.3 is 15.1 Å². The van der Waals surface area contributed by atoms with E-state index in [1.807, 2.05) is 31.2 Å². The molecule has 3 rings (SSSR count). The molecule has 0 bridgehead atoms. The Morgan fingerprint density at radius 1 is 0.962 bits per heavy atom. The van der Waals surface area contributed by atoms with Gasteiger partial charge in [0.05, 0.1) is 12.3 Å². The number of furan rings is 1. The number of benzene rings is 2. The van der Waals surface area contributed by atoms with E-state index in [2.05, 4.69) is 26.6 Å². The number of anilines is 1. The van der Waals surface area contributed by atoms with Crippen LogP contribution in [-0.4, -0.2) is 11.8 Å². The molecule has 0 aliphatic carbocycles. The zero-order valence-electron chi connectivity index (χ0n) is 14.0. The molecule has 1 heterocycles. The first-order valence-corrected chi connectivity index (χ1v) is 8.84. The topological polar surface area (TPSA) is 71.3 Å².